The van der Waals surface area contributed by atoms with Crippen LogP contribution in [0.4, 0.5) is 0 Å². The molecule has 0 fully saturated rings. The van der Waals surface area contributed by atoms with E-state index in [9.17, 15) is 19.8 Å². The number of H-pyrrole nitrogens is 4. The highest BCUT2D eigenvalue weighted by molar-refractivity contribution is 5.70. The first kappa shape index (κ1) is 28.8. The smallest absolute Gasteiger partial charge is 0.303 e. The molecule has 1 aliphatic rings. The fourth-order valence-electron chi connectivity index (χ4n) is 6.15. The summed E-state index contributed by atoms with van der Waals surface area (Å²) < 4.78 is 0. The first-order valence-corrected chi connectivity index (χ1v) is 14.3. The van der Waals surface area contributed by atoms with Crippen LogP contribution in [0.25, 0.3) is 30.4 Å². The quantitative estimate of drug-likeness (QED) is 0.172. The first-order valence-electron chi connectivity index (χ1n) is 14.3. The monoisotopic (exact) mass is 566 g/mol. The van der Waals surface area contributed by atoms with Crippen molar-refractivity contribution < 1.29 is 19.8 Å². The molecule has 0 amide bonds. The van der Waals surface area contributed by atoms with Gasteiger partial charge in [0.05, 0.1) is 0 Å². The van der Waals surface area contributed by atoms with Gasteiger partial charge in [0.1, 0.15) is 0 Å². The van der Waals surface area contributed by atoms with Crippen LogP contribution in [0.1, 0.15) is 87.0 Å². The molecule has 0 aliphatic carbocycles. The lowest BCUT2D eigenvalue weighted by Gasteiger charge is -2.01. The Morgan fingerprint density at radius 2 is 1.12 bits per heavy atom. The van der Waals surface area contributed by atoms with Crippen molar-refractivity contribution in [2.24, 2.45) is 0 Å². The summed E-state index contributed by atoms with van der Waals surface area (Å²) in [5, 5.41) is 22.6. The fourth-order valence-corrected chi connectivity index (χ4v) is 6.15. The van der Waals surface area contributed by atoms with Crippen LogP contribution in [0, 0.1) is 27.7 Å². The van der Waals surface area contributed by atoms with Crippen LogP contribution in [0.2, 0.25) is 0 Å². The van der Waals surface area contributed by atoms with Crippen LogP contribution >= 0.6 is 0 Å². The topological polar surface area (TPSA) is 138 Å². The molecular weight excluding hydrogens is 528 g/mol. The zero-order valence-electron chi connectivity index (χ0n) is 24.8. The molecule has 42 heavy (non-hydrogen) atoms. The van der Waals surface area contributed by atoms with Gasteiger partial charge in [-0.1, -0.05) is 19.6 Å². The molecule has 0 saturated carbocycles. The summed E-state index contributed by atoms with van der Waals surface area (Å²) in [4.78, 5) is 37.4. The second kappa shape index (κ2) is 11.3. The molecule has 6 N–H and O–H groups in total. The van der Waals surface area contributed by atoms with Crippen LogP contribution in [0.15, 0.2) is 6.58 Å². The molecule has 0 saturated heterocycles. The molecule has 4 aromatic rings. The minimum atomic E-state index is -0.860. The third-order valence-corrected chi connectivity index (χ3v) is 8.61. The molecule has 8 bridgehead atoms. The molecule has 0 radical (unpaired) electrons. The summed E-state index contributed by atoms with van der Waals surface area (Å²) in [6.07, 6.45) is 11.8. The van der Waals surface area contributed by atoms with Gasteiger partial charge in [0.25, 0.3) is 0 Å². The second-order valence-corrected chi connectivity index (χ2v) is 11.1. The van der Waals surface area contributed by atoms with Gasteiger partial charge in [-0.2, -0.15) is 0 Å². The number of rotatable bonds is 8. The predicted molar refractivity (Wildman–Crippen MR) is 166 cm³/mol. The maximum absolute atomic E-state index is 11.5. The molecule has 0 atom stereocenters. The summed E-state index contributed by atoms with van der Waals surface area (Å²) >= 11 is 0. The second-order valence-electron chi connectivity index (χ2n) is 11.1. The van der Waals surface area contributed by atoms with Crippen LogP contribution in [-0.4, -0.2) is 42.1 Å². The van der Waals surface area contributed by atoms with Crippen LogP contribution in [0.5, 0.6) is 0 Å². The molecule has 0 aromatic carbocycles. The van der Waals surface area contributed by atoms with Gasteiger partial charge in [-0.3, -0.25) is 9.59 Å². The molecule has 5 heterocycles. The van der Waals surface area contributed by atoms with Gasteiger partial charge in [-0.15, -0.1) is 0 Å². The lowest BCUT2D eigenvalue weighted by Crippen LogP contribution is -2.14. The maximum atomic E-state index is 11.5. The predicted octanol–water partition coefficient (Wildman–Crippen LogP) is 3.10. The van der Waals surface area contributed by atoms with Gasteiger partial charge in [-0.25, -0.2) is 0 Å². The Morgan fingerprint density at radius 1 is 0.643 bits per heavy atom. The molecule has 1 aliphatic heterocycles. The highest BCUT2D eigenvalue weighted by Gasteiger charge is 2.17. The minimum absolute atomic E-state index is 0.000225. The normalized spacial score (nSPS) is 12.2. The number of fused-ring (bicyclic) bond motifs is 8. The summed E-state index contributed by atoms with van der Waals surface area (Å²) in [5.74, 6) is -1.71. The number of nitrogens with one attached hydrogen (secondary N) is 4. The Kier molecular flexibility index (Phi) is 7.73. The van der Waals surface area contributed by atoms with Gasteiger partial charge in [0.2, 0.25) is 0 Å². The summed E-state index contributed by atoms with van der Waals surface area (Å²) in [5.41, 5.74) is 12.0. The number of carboxylic acids is 2. The van der Waals surface area contributed by atoms with E-state index in [1.54, 1.807) is 0 Å². The third-order valence-electron chi connectivity index (χ3n) is 8.61. The lowest BCUT2D eigenvalue weighted by molar-refractivity contribution is -0.138. The van der Waals surface area contributed by atoms with Crippen molar-refractivity contribution in [3.05, 3.63) is 95.3 Å². The Labute approximate surface area is 243 Å². The Morgan fingerprint density at radius 3 is 1.71 bits per heavy atom. The van der Waals surface area contributed by atoms with E-state index in [4.69, 9.17) is 0 Å². The zero-order chi connectivity index (χ0) is 30.3. The Hall–Kier alpha value is -4.72. The number of hydrogen-bond donors (Lipinski definition) is 6. The van der Waals surface area contributed by atoms with Gasteiger partial charge in [-0.05, 0) is 110 Å². The molecule has 4 aromatic heterocycles. The summed E-state index contributed by atoms with van der Waals surface area (Å²) in [6.45, 7) is 14.4. The summed E-state index contributed by atoms with van der Waals surface area (Å²) in [6, 6.07) is 0. The van der Waals surface area contributed by atoms with Crippen molar-refractivity contribution >= 4 is 42.3 Å². The van der Waals surface area contributed by atoms with E-state index in [2.05, 4.69) is 65.5 Å². The third kappa shape index (κ3) is 5.20. The van der Waals surface area contributed by atoms with E-state index in [0.717, 1.165) is 84.0 Å². The zero-order valence-corrected chi connectivity index (χ0v) is 24.8. The number of hydrogen-bond acceptors (Lipinski definition) is 2. The molecule has 8 heteroatoms. The molecule has 0 unspecified atom stereocenters. The highest BCUT2D eigenvalue weighted by Crippen LogP contribution is 2.23. The van der Waals surface area contributed by atoms with E-state index in [-0.39, 0.29) is 12.8 Å². The number of carbonyl (C=O) groups is 2. The largest absolute Gasteiger partial charge is 0.481 e. The SMILES string of the molecule is C=Cc1c(C)c2[nH]c1=Cc1[nH]c(c(CCC(=O)O)c1C)C=c1[nH]c(c(C)c1CCC(=O)O)=Cc1[nH]c(c(CC)c1C)C=2. The van der Waals surface area contributed by atoms with Crippen molar-refractivity contribution in [2.75, 3.05) is 0 Å². The molecule has 0 spiro atoms. The van der Waals surface area contributed by atoms with E-state index >= 15 is 0 Å². The van der Waals surface area contributed by atoms with E-state index in [1.165, 1.54) is 11.1 Å². The van der Waals surface area contributed by atoms with Crippen molar-refractivity contribution in [1.82, 2.24) is 19.9 Å². The lowest BCUT2D eigenvalue weighted by atomic mass is 10.0. The standard InChI is InChI=1S/C34H38N4O4/c1-7-21-17(3)25-13-26-19(5)23(9-11-33(39)40)31(37-26)16-32-24(10-12-34(41)42)20(6)28(38-32)15-30-22(8-2)18(4)27(36-30)14-29(21)35-25/h8,13-16,35-38H,2,7,9-12H2,1,3-6H3,(H,39,40)(H,41,42). The molecule has 5 rings (SSSR count). The molecular formula is C34H38N4O4. The number of aromatic nitrogens is 4. The van der Waals surface area contributed by atoms with Crippen molar-refractivity contribution in [2.45, 2.75) is 66.7 Å². The van der Waals surface area contributed by atoms with E-state index in [1.807, 2.05) is 26.0 Å². The van der Waals surface area contributed by atoms with Crippen LogP contribution in [-0.2, 0) is 28.9 Å². The van der Waals surface area contributed by atoms with Crippen LogP contribution in [0.3, 0.4) is 0 Å². The average Bonchev–Trinajstić information content (AvgIpc) is 3.59. The van der Waals surface area contributed by atoms with E-state index in [0.29, 0.717) is 12.8 Å². The average molecular weight is 567 g/mol. The maximum Gasteiger partial charge on any atom is 0.303 e. The fraction of sp³-hybridized carbons (Fsp3) is 0.294. The van der Waals surface area contributed by atoms with Crippen LogP contribution < -0.4 is 21.4 Å². The number of aliphatic carboxylic acids is 2. The number of aromatic amines is 4. The van der Waals surface area contributed by atoms with Gasteiger partial charge in [0.15, 0.2) is 0 Å². The Bertz CT molecular complexity index is 1990. The van der Waals surface area contributed by atoms with Crippen molar-refractivity contribution in [3.8, 4) is 0 Å². The van der Waals surface area contributed by atoms with Gasteiger partial charge < -0.3 is 30.1 Å². The molecule has 8 nitrogen and oxygen atoms in total. The van der Waals surface area contributed by atoms with Gasteiger partial charge in [0, 0.05) is 62.6 Å². The highest BCUT2D eigenvalue weighted by atomic mass is 16.4. The summed E-state index contributed by atoms with van der Waals surface area (Å²) in [7, 11) is 0. The first-order chi connectivity index (χ1) is 20.0. The minimum Gasteiger partial charge on any atom is -0.481 e. The van der Waals surface area contributed by atoms with E-state index < -0.39 is 11.9 Å². The number of carboxylic acid groups (broad SMARTS) is 2. The van der Waals surface area contributed by atoms with Crippen molar-refractivity contribution in [1.29, 1.82) is 0 Å². The molecule has 218 valence electrons. The Balaban J connectivity index is 1.91. The van der Waals surface area contributed by atoms with Gasteiger partial charge >= 0.3 is 11.9 Å². The van der Waals surface area contributed by atoms with Crippen molar-refractivity contribution in [3.63, 3.8) is 0 Å².